The number of aromatic nitrogens is 4. The number of carbonyl (C=O) groups excluding carboxylic acids is 1. The molecule has 2 aliphatic heterocycles. The SMILES string of the molecule is Cc1cc(C(=O)N2CCOC3(CCN(CCn4cnnc4C)CC3)C2)no1. The first-order chi connectivity index (χ1) is 13.0. The standard InChI is InChI=1S/C18H26N6O3/c1-14-11-16(21-27-14)17(25)23-9-10-26-18(12-23)3-5-22(6-4-18)7-8-24-13-19-20-15(24)2/h11,13H,3-10,12H2,1-2H3. The lowest BCUT2D eigenvalue weighted by Gasteiger charge is -2.47. The van der Waals surface area contributed by atoms with Gasteiger partial charge in [0.25, 0.3) is 5.91 Å². The number of rotatable bonds is 4. The monoisotopic (exact) mass is 374 g/mol. The van der Waals surface area contributed by atoms with Crippen molar-refractivity contribution in [3.05, 3.63) is 29.7 Å². The highest BCUT2D eigenvalue weighted by molar-refractivity contribution is 5.92. The zero-order valence-corrected chi connectivity index (χ0v) is 15.9. The topological polar surface area (TPSA) is 89.5 Å². The zero-order valence-electron chi connectivity index (χ0n) is 15.9. The summed E-state index contributed by atoms with van der Waals surface area (Å²) in [7, 11) is 0. The molecule has 9 nitrogen and oxygen atoms in total. The third-order valence-corrected chi connectivity index (χ3v) is 5.62. The lowest BCUT2D eigenvalue weighted by Crippen LogP contribution is -2.58. The minimum absolute atomic E-state index is 0.0694. The molecule has 9 heteroatoms. The van der Waals surface area contributed by atoms with Crippen molar-refractivity contribution in [2.24, 2.45) is 0 Å². The lowest BCUT2D eigenvalue weighted by molar-refractivity contribution is -0.127. The van der Waals surface area contributed by atoms with Gasteiger partial charge in [0.05, 0.1) is 18.8 Å². The Morgan fingerprint density at radius 2 is 2.04 bits per heavy atom. The summed E-state index contributed by atoms with van der Waals surface area (Å²) in [6.07, 6.45) is 3.63. The Morgan fingerprint density at radius 3 is 2.70 bits per heavy atom. The summed E-state index contributed by atoms with van der Waals surface area (Å²) in [5.41, 5.74) is 0.140. The predicted octanol–water partition coefficient (Wildman–Crippen LogP) is 0.890. The van der Waals surface area contributed by atoms with Crippen LogP contribution in [0.25, 0.3) is 0 Å². The van der Waals surface area contributed by atoms with Crippen LogP contribution in [0, 0.1) is 13.8 Å². The quantitative estimate of drug-likeness (QED) is 0.785. The number of hydrogen-bond donors (Lipinski definition) is 0. The highest BCUT2D eigenvalue weighted by Gasteiger charge is 2.41. The van der Waals surface area contributed by atoms with Crippen LogP contribution in [0.2, 0.25) is 0 Å². The summed E-state index contributed by atoms with van der Waals surface area (Å²) in [4.78, 5) is 17.0. The van der Waals surface area contributed by atoms with Gasteiger partial charge in [-0.3, -0.25) is 4.79 Å². The van der Waals surface area contributed by atoms with Crippen LogP contribution >= 0.6 is 0 Å². The Labute approximate surface area is 158 Å². The number of nitrogens with zero attached hydrogens (tertiary/aromatic N) is 6. The molecule has 0 aliphatic carbocycles. The maximum absolute atomic E-state index is 12.7. The summed E-state index contributed by atoms with van der Waals surface area (Å²) in [5, 5.41) is 11.8. The molecule has 2 aromatic rings. The fraction of sp³-hybridized carbons (Fsp3) is 0.667. The molecule has 0 N–H and O–H groups in total. The summed E-state index contributed by atoms with van der Waals surface area (Å²) in [5.74, 6) is 1.52. The molecule has 0 unspecified atom stereocenters. The van der Waals surface area contributed by atoms with Crippen molar-refractivity contribution in [3.8, 4) is 0 Å². The van der Waals surface area contributed by atoms with Crippen molar-refractivity contribution >= 4 is 5.91 Å². The molecule has 0 saturated carbocycles. The van der Waals surface area contributed by atoms with E-state index in [1.807, 2.05) is 11.8 Å². The summed E-state index contributed by atoms with van der Waals surface area (Å²) in [6.45, 7) is 9.34. The molecule has 4 heterocycles. The molecule has 0 aromatic carbocycles. The highest BCUT2D eigenvalue weighted by atomic mass is 16.5. The van der Waals surface area contributed by atoms with Crippen molar-refractivity contribution in [3.63, 3.8) is 0 Å². The molecule has 146 valence electrons. The number of ether oxygens (including phenoxy) is 1. The Hall–Kier alpha value is -2.26. The highest BCUT2D eigenvalue weighted by Crippen LogP contribution is 2.30. The van der Waals surface area contributed by atoms with Crippen molar-refractivity contribution in [2.75, 3.05) is 39.3 Å². The van der Waals surface area contributed by atoms with E-state index in [0.29, 0.717) is 31.2 Å². The van der Waals surface area contributed by atoms with Crippen LogP contribution in [0.3, 0.4) is 0 Å². The maximum atomic E-state index is 12.7. The minimum Gasteiger partial charge on any atom is -0.371 e. The number of amides is 1. The molecular weight excluding hydrogens is 348 g/mol. The average molecular weight is 374 g/mol. The smallest absolute Gasteiger partial charge is 0.276 e. The van der Waals surface area contributed by atoms with Gasteiger partial charge in [0, 0.05) is 38.8 Å². The molecule has 4 rings (SSSR count). The largest absolute Gasteiger partial charge is 0.371 e. The van der Waals surface area contributed by atoms with Crippen molar-refractivity contribution < 1.29 is 14.1 Å². The number of hydrogen-bond acceptors (Lipinski definition) is 7. The van der Waals surface area contributed by atoms with E-state index in [2.05, 4.69) is 24.8 Å². The van der Waals surface area contributed by atoms with Gasteiger partial charge < -0.3 is 23.6 Å². The van der Waals surface area contributed by atoms with E-state index in [9.17, 15) is 4.79 Å². The van der Waals surface area contributed by atoms with Gasteiger partial charge in [-0.2, -0.15) is 0 Å². The number of likely N-dealkylation sites (tertiary alicyclic amines) is 1. The summed E-state index contributed by atoms with van der Waals surface area (Å²) < 4.78 is 13.3. The Bertz CT molecular complexity index is 793. The van der Waals surface area contributed by atoms with E-state index in [1.165, 1.54) is 0 Å². The van der Waals surface area contributed by atoms with Gasteiger partial charge in [-0.25, -0.2) is 0 Å². The second kappa shape index (κ2) is 7.40. The molecule has 2 fully saturated rings. The second-order valence-electron chi connectivity index (χ2n) is 7.49. The Kier molecular flexibility index (Phi) is 4.96. The van der Waals surface area contributed by atoms with E-state index in [1.54, 1.807) is 19.3 Å². The van der Waals surface area contributed by atoms with E-state index in [4.69, 9.17) is 9.26 Å². The summed E-state index contributed by atoms with van der Waals surface area (Å²) in [6, 6.07) is 1.69. The van der Waals surface area contributed by atoms with Gasteiger partial charge in [0.1, 0.15) is 17.9 Å². The zero-order chi connectivity index (χ0) is 18.9. The molecule has 2 aliphatic rings. The minimum atomic E-state index is -0.240. The summed E-state index contributed by atoms with van der Waals surface area (Å²) >= 11 is 0. The van der Waals surface area contributed by atoms with Gasteiger partial charge in [0.2, 0.25) is 0 Å². The second-order valence-corrected chi connectivity index (χ2v) is 7.49. The van der Waals surface area contributed by atoms with Gasteiger partial charge in [-0.15, -0.1) is 10.2 Å². The fourth-order valence-corrected chi connectivity index (χ4v) is 3.92. The van der Waals surface area contributed by atoms with Gasteiger partial charge in [0.15, 0.2) is 5.69 Å². The third-order valence-electron chi connectivity index (χ3n) is 5.62. The number of carbonyl (C=O) groups is 1. The van der Waals surface area contributed by atoms with E-state index in [0.717, 1.165) is 44.8 Å². The molecule has 2 aromatic heterocycles. The molecule has 0 radical (unpaired) electrons. The molecule has 2 saturated heterocycles. The molecule has 1 spiro atoms. The molecule has 27 heavy (non-hydrogen) atoms. The van der Waals surface area contributed by atoms with Gasteiger partial charge >= 0.3 is 0 Å². The van der Waals surface area contributed by atoms with Crippen LogP contribution in [-0.4, -0.2) is 80.6 Å². The number of aryl methyl sites for hydroxylation is 2. The molecule has 0 bridgehead atoms. The van der Waals surface area contributed by atoms with Crippen molar-refractivity contribution in [2.45, 2.75) is 38.8 Å². The van der Waals surface area contributed by atoms with Crippen LogP contribution in [0.5, 0.6) is 0 Å². The maximum Gasteiger partial charge on any atom is 0.276 e. The normalized spacial score (nSPS) is 20.3. The number of piperidine rings is 1. The van der Waals surface area contributed by atoms with E-state index < -0.39 is 0 Å². The Balaban J connectivity index is 1.32. The van der Waals surface area contributed by atoms with Gasteiger partial charge in [-0.05, 0) is 26.7 Å². The lowest BCUT2D eigenvalue weighted by atomic mass is 9.89. The Morgan fingerprint density at radius 1 is 1.22 bits per heavy atom. The van der Waals surface area contributed by atoms with E-state index >= 15 is 0 Å². The van der Waals surface area contributed by atoms with Crippen LogP contribution in [-0.2, 0) is 11.3 Å². The molecular formula is C18H26N6O3. The third kappa shape index (κ3) is 3.89. The average Bonchev–Trinajstić information content (AvgIpc) is 3.29. The van der Waals surface area contributed by atoms with Crippen LogP contribution in [0.15, 0.2) is 16.9 Å². The van der Waals surface area contributed by atoms with E-state index in [-0.39, 0.29) is 11.5 Å². The van der Waals surface area contributed by atoms with Crippen LogP contribution < -0.4 is 0 Å². The first kappa shape index (κ1) is 18.1. The predicted molar refractivity (Wildman–Crippen MR) is 96.3 cm³/mol. The van der Waals surface area contributed by atoms with Crippen LogP contribution in [0.4, 0.5) is 0 Å². The fourth-order valence-electron chi connectivity index (χ4n) is 3.92. The van der Waals surface area contributed by atoms with Crippen LogP contribution in [0.1, 0.15) is 34.9 Å². The molecule has 1 amide bonds. The first-order valence-electron chi connectivity index (χ1n) is 9.48. The van der Waals surface area contributed by atoms with Crippen molar-refractivity contribution in [1.29, 1.82) is 0 Å². The molecule has 0 atom stereocenters. The number of morpholine rings is 1. The first-order valence-corrected chi connectivity index (χ1v) is 9.48. The van der Waals surface area contributed by atoms with Gasteiger partial charge in [-0.1, -0.05) is 5.16 Å². The van der Waals surface area contributed by atoms with Crippen molar-refractivity contribution in [1.82, 2.24) is 29.7 Å².